The van der Waals surface area contributed by atoms with E-state index in [1.54, 1.807) is 0 Å². The minimum Gasteiger partial charge on any atom is -0.508 e. The second-order valence-corrected chi connectivity index (χ2v) is 4.51. The molecule has 0 bridgehead atoms. The largest absolute Gasteiger partial charge is 0.508 e. The van der Waals surface area contributed by atoms with Gasteiger partial charge in [-0.25, -0.2) is 4.98 Å². The van der Waals surface area contributed by atoms with Gasteiger partial charge in [0.1, 0.15) is 10.8 Å². The molecule has 2 rings (SSSR count). The number of benzene rings is 1. The molecule has 0 saturated heterocycles. The van der Waals surface area contributed by atoms with Crippen molar-refractivity contribution in [2.24, 2.45) is 0 Å². The smallest absolute Gasteiger partial charge is 0.419 e. The molecule has 0 saturated carbocycles. The van der Waals surface area contributed by atoms with Crippen LogP contribution in [0.2, 0.25) is 0 Å². The zero-order valence-electron chi connectivity index (χ0n) is 8.98. The first-order chi connectivity index (χ1) is 8.47. The van der Waals surface area contributed by atoms with Crippen molar-refractivity contribution in [2.75, 3.05) is 0 Å². The van der Waals surface area contributed by atoms with Gasteiger partial charge in [0.25, 0.3) is 0 Å². The minimum absolute atomic E-state index is 0.0661. The van der Waals surface area contributed by atoms with Gasteiger partial charge in [-0.15, -0.1) is 0 Å². The summed E-state index contributed by atoms with van der Waals surface area (Å²) in [6, 6.07) is 8.15. The van der Waals surface area contributed by atoms with Gasteiger partial charge >= 0.3 is 6.18 Å². The zero-order valence-corrected chi connectivity index (χ0v) is 9.79. The summed E-state index contributed by atoms with van der Waals surface area (Å²) in [7, 11) is 0. The van der Waals surface area contributed by atoms with E-state index in [2.05, 4.69) is 4.98 Å². The molecule has 0 atom stereocenters. The van der Waals surface area contributed by atoms with Crippen molar-refractivity contribution in [3.05, 3.63) is 48.2 Å². The van der Waals surface area contributed by atoms with Gasteiger partial charge < -0.3 is 5.11 Å². The zero-order chi connectivity index (χ0) is 13.2. The van der Waals surface area contributed by atoms with Crippen molar-refractivity contribution < 1.29 is 18.3 Å². The lowest BCUT2D eigenvalue weighted by molar-refractivity contribution is -0.140. The SMILES string of the molecule is Oc1ccc(Sc2ncccc2C(F)(F)F)cc1. The molecule has 0 spiro atoms. The molecule has 1 N–H and O–H groups in total. The number of hydrogen-bond acceptors (Lipinski definition) is 3. The Morgan fingerprint density at radius 1 is 1.06 bits per heavy atom. The van der Waals surface area contributed by atoms with Crippen molar-refractivity contribution >= 4 is 11.8 Å². The molecule has 0 aliphatic heterocycles. The summed E-state index contributed by atoms with van der Waals surface area (Å²) in [5.41, 5.74) is -0.761. The first-order valence-corrected chi connectivity index (χ1v) is 5.77. The average Bonchev–Trinajstić information content (AvgIpc) is 2.31. The lowest BCUT2D eigenvalue weighted by atomic mass is 10.3. The number of phenols is 1. The van der Waals surface area contributed by atoms with E-state index in [1.165, 1.54) is 36.5 Å². The lowest BCUT2D eigenvalue weighted by Crippen LogP contribution is -2.07. The third-order valence-electron chi connectivity index (χ3n) is 2.13. The molecule has 0 unspecified atom stereocenters. The lowest BCUT2D eigenvalue weighted by Gasteiger charge is -2.10. The Bertz CT molecular complexity index is 540. The van der Waals surface area contributed by atoms with Crippen LogP contribution in [0, 0.1) is 0 Å². The van der Waals surface area contributed by atoms with Crippen molar-refractivity contribution in [3.63, 3.8) is 0 Å². The predicted molar refractivity (Wildman–Crippen MR) is 61.5 cm³/mol. The highest BCUT2D eigenvalue weighted by molar-refractivity contribution is 7.99. The number of pyridine rings is 1. The van der Waals surface area contributed by atoms with E-state index in [-0.39, 0.29) is 10.8 Å². The molecule has 1 heterocycles. The van der Waals surface area contributed by atoms with E-state index in [0.29, 0.717) is 4.90 Å². The molecule has 1 aromatic heterocycles. The fourth-order valence-corrected chi connectivity index (χ4v) is 2.22. The monoisotopic (exact) mass is 271 g/mol. The van der Waals surface area contributed by atoms with Crippen LogP contribution in [0.3, 0.4) is 0 Å². The third kappa shape index (κ3) is 2.95. The normalized spacial score (nSPS) is 11.5. The standard InChI is InChI=1S/C12H8F3NOS/c13-12(14,15)10-2-1-7-16-11(10)18-9-5-3-8(17)4-6-9/h1-7,17H. The summed E-state index contributed by atoms with van der Waals surface area (Å²) in [5.74, 6) is 0.0661. The minimum atomic E-state index is -4.42. The molecule has 2 aromatic rings. The third-order valence-corrected chi connectivity index (χ3v) is 3.15. The number of rotatable bonds is 2. The van der Waals surface area contributed by atoms with E-state index in [4.69, 9.17) is 5.11 Å². The Hall–Kier alpha value is -1.69. The van der Waals surface area contributed by atoms with Crippen LogP contribution in [0.15, 0.2) is 52.5 Å². The number of aromatic nitrogens is 1. The Kier molecular flexibility index (Phi) is 3.47. The highest BCUT2D eigenvalue weighted by Crippen LogP contribution is 2.38. The van der Waals surface area contributed by atoms with Gasteiger partial charge in [-0.05, 0) is 36.4 Å². The van der Waals surface area contributed by atoms with Gasteiger partial charge in [0.15, 0.2) is 0 Å². The molecule has 0 aliphatic carbocycles. The fraction of sp³-hybridized carbons (Fsp3) is 0.0833. The van der Waals surface area contributed by atoms with Gasteiger partial charge in [-0.3, -0.25) is 0 Å². The van der Waals surface area contributed by atoms with Crippen LogP contribution in [-0.2, 0) is 6.18 Å². The Morgan fingerprint density at radius 3 is 2.33 bits per heavy atom. The molecule has 0 fully saturated rings. The number of alkyl halides is 3. The molecular formula is C12H8F3NOS. The van der Waals surface area contributed by atoms with Crippen LogP contribution < -0.4 is 0 Å². The van der Waals surface area contributed by atoms with Crippen LogP contribution >= 0.6 is 11.8 Å². The first-order valence-electron chi connectivity index (χ1n) is 4.96. The molecule has 2 nitrogen and oxygen atoms in total. The quantitative estimate of drug-likeness (QED) is 0.897. The van der Waals surface area contributed by atoms with E-state index in [0.717, 1.165) is 17.8 Å². The average molecular weight is 271 g/mol. The van der Waals surface area contributed by atoms with Crippen LogP contribution in [0.1, 0.15) is 5.56 Å². The highest BCUT2D eigenvalue weighted by Gasteiger charge is 2.34. The van der Waals surface area contributed by atoms with E-state index in [9.17, 15) is 13.2 Å². The van der Waals surface area contributed by atoms with E-state index >= 15 is 0 Å². The number of halogens is 3. The van der Waals surface area contributed by atoms with Gasteiger partial charge in [-0.2, -0.15) is 13.2 Å². The molecule has 0 amide bonds. The van der Waals surface area contributed by atoms with E-state index < -0.39 is 11.7 Å². The maximum atomic E-state index is 12.7. The van der Waals surface area contributed by atoms with Gasteiger partial charge in [0, 0.05) is 11.1 Å². The highest BCUT2D eigenvalue weighted by atomic mass is 32.2. The molecule has 1 aromatic carbocycles. The predicted octanol–water partition coefficient (Wildman–Crippen LogP) is 3.96. The van der Waals surface area contributed by atoms with Gasteiger partial charge in [0.05, 0.1) is 5.56 Å². The number of nitrogens with zero attached hydrogens (tertiary/aromatic N) is 1. The van der Waals surface area contributed by atoms with Crippen LogP contribution in [0.5, 0.6) is 5.75 Å². The summed E-state index contributed by atoms with van der Waals surface area (Å²) in [6.45, 7) is 0. The molecule has 0 radical (unpaired) electrons. The maximum Gasteiger partial charge on any atom is 0.419 e. The molecule has 94 valence electrons. The van der Waals surface area contributed by atoms with Crippen LogP contribution in [0.25, 0.3) is 0 Å². The molecule has 0 aliphatic rings. The molecule has 18 heavy (non-hydrogen) atoms. The first kappa shape index (κ1) is 12.8. The summed E-state index contributed by atoms with van der Waals surface area (Å²) in [6.07, 6.45) is -3.11. The van der Waals surface area contributed by atoms with Crippen molar-refractivity contribution in [1.29, 1.82) is 0 Å². The molecule has 6 heteroatoms. The summed E-state index contributed by atoms with van der Waals surface area (Å²) in [4.78, 5) is 4.32. The van der Waals surface area contributed by atoms with Gasteiger partial charge in [0.2, 0.25) is 0 Å². The Morgan fingerprint density at radius 2 is 1.72 bits per heavy atom. The number of aromatic hydroxyl groups is 1. The van der Waals surface area contributed by atoms with Gasteiger partial charge in [-0.1, -0.05) is 11.8 Å². The Labute approximate surface area is 105 Å². The maximum absolute atomic E-state index is 12.7. The topological polar surface area (TPSA) is 33.1 Å². The summed E-state index contributed by atoms with van der Waals surface area (Å²) >= 11 is 0.908. The van der Waals surface area contributed by atoms with Crippen LogP contribution in [-0.4, -0.2) is 10.1 Å². The van der Waals surface area contributed by atoms with Crippen molar-refractivity contribution in [2.45, 2.75) is 16.1 Å². The number of hydrogen-bond donors (Lipinski definition) is 1. The summed E-state index contributed by atoms with van der Waals surface area (Å²) in [5, 5.41) is 9.00. The summed E-state index contributed by atoms with van der Waals surface area (Å²) < 4.78 is 38.2. The fourth-order valence-electron chi connectivity index (χ4n) is 1.31. The van der Waals surface area contributed by atoms with Crippen molar-refractivity contribution in [1.82, 2.24) is 4.98 Å². The Balaban J connectivity index is 2.32. The molecular weight excluding hydrogens is 263 g/mol. The van der Waals surface area contributed by atoms with Crippen molar-refractivity contribution in [3.8, 4) is 5.75 Å². The second kappa shape index (κ2) is 4.89. The van der Waals surface area contributed by atoms with Crippen LogP contribution in [0.4, 0.5) is 13.2 Å². The second-order valence-electron chi connectivity index (χ2n) is 3.45. The van der Waals surface area contributed by atoms with E-state index in [1.807, 2.05) is 0 Å². The number of phenolic OH excluding ortho intramolecular Hbond substituents is 1.